The van der Waals surface area contributed by atoms with E-state index in [1.54, 1.807) is 12.1 Å². The number of hydrazone groups is 1. The number of carbonyl (C=O) groups is 1. The molecule has 1 aliphatic carbocycles. The Hall–Kier alpha value is -1.44. The van der Waals surface area contributed by atoms with Crippen molar-refractivity contribution in [3.8, 4) is 5.75 Å². The number of benzene rings is 1. The van der Waals surface area contributed by atoms with Crippen molar-refractivity contribution in [2.24, 2.45) is 16.9 Å². The van der Waals surface area contributed by atoms with E-state index in [2.05, 4.69) is 44.4 Å². The lowest BCUT2D eigenvalue weighted by atomic mass is 9.83. The predicted molar refractivity (Wildman–Crippen MR) is 120 cm³/mol. The molecule has 0 saturated heterocycles. The second-order valence-corrected chi connectivity index (χ2v) is 15.1. The summed E-state index contributed by atoms with van der Waals surface area (Å²) in [5, 5.41) is 4.12. The molecule has 166 valence electrons. The smallest absolute Gasteiger partial charge is 0.240 e. The molecule has 8 heteroatoms. The summed E-state index contributed by atoms with van der Waals surface area (Å²) in [7, 11) is -1.83. The Labute approximate surface area is 184 Å². The highest BCUT2D eigenvalue weighted by Crippen LogP contribution is 2.42. The molecular formula is C22H32ClFN2O3Si. The van der Waals surface area contributed by atoms with Gasteiger partial charge in [-0.3, -0.25) is 4.79 Å². The van der Waals surface area contributed by atoms with Gasteiger partial charge >= 0.3 is 0 Å². The van der Waals surface area contributed by atoms with E-state index in [1.165, 1.54) is 0 Å². The fourth-order valence-corrected chi connectivity index (χ4v) is 5.10. The number of hydrogen-bond acceptors (Lipinski definition) is 4. The van der Waals surface area contributed by atoms with Crippen LogP contribution in [0.4, 0.5) is 4.39 Å². The summed E-state index contributed by atoms with van der Waals surface area (Å²) >= 11 is 6.27. The first-order chi connectivity index (χ1) is 13.9. The van der Waals surface area contributed by atoms with Crippen LogP contribution in [0.1, 0.15) is 52.5 Å². The summed E-state index contributed by atoms with van der Waals surface area (Å²) in [6, 6.07) is 3.29. The summed E-state index contributed by atoms with van der Waals surface area (Å²) in [4.78, 5) is 11.4. The third-order valence-corrected chi connectivity index (χ3v) is 11.5. The normalized spacial score (nSPS) is 24.7. The van der Waals surface area contributed by atoms with Crippen LogP contribution < -0.4 is 10.2 Å². The number of ether oxygens (including phenoxy) is 1. The first-order valence-corrected chi connectivity index (χ1v) is 13.8. The molecule has 3 atom stereocenters. The summed E-state index contributed by atoms with van der Waals surface area (Å²) in [6.07, 6.45) is 2.52. The highest BCUT2D eigenvalue weighted by Gasteiger charge is 2.43. The van der Waals surface area contributed by atoms with E-state index < -0.39 is 14.1 Å². The molecule has 1 aromatic carbocycles. The molecule has 1 aromatic rings. The van der Waals surface area contributed by atoms with Crippen molar-refractivity contribution >= 4 is 31.5 Å². The minimum absolute atomic E-state index is 0.0551. The van der Waals surface area contributed by atoms with Crippen LogP contribution >= 0.6 is 11.6 Å². The molecule has 1 aliphatic heterocycles. The Morgan fingerprint density at radius 3 is 2.57 bits per heavy atom. The molecule has 0 bridgehead atoms. The molecule has 30 heavy (non-hydrogen) atoms. The van der Waals surface area contributed by atoms with Crippen LogP contribution in [-0.4, -0.2) is 32.6 Å². The zero-order valence-electron chi connectivity index (χ0n) is 18.6. The number of nitrogens with one attached hydrogen (secondary N) is 1. The maximum atomic E-state index is 14.9. The van der Waals surface area contributed by atoms with Gasteiger partial charge in [0.25, 0.3) is 0 Å². The van der Waals surface area contributed by atoms with E-state index in [-0.39, 0.29) is 40.3 Å². The van der Waals surface area contributed by atoms with Crippen LogP contribution in [0, 0.1) is 17.7 Å². The van der Waals surface area contributed by atoms with Crippen molar-refractivity contribution in [3.05, 3.63) is 28.5 Å². The molecule has 1 saturated carbocycles. The average molecular weight is 455 g/mol. The molecule has 0 radical (unpaired) electrons. The van der Waals surface area contributed by atoms with Gasteiger partial charge in [-0.05, 0) is 43.1 Å². The molecule has 5 nitrogen and oxygen atoms in total. The Kier molecular flexibility index (Phi) is 6.65. The first-order valence-electron chi connectivity index (χ1n) is 10.6. The Balaban J connectivity index is 1.66. The van der Waals surface area contributed by atoms with Crippen LogP contribution in [-0.2, 0) is 9.22 Å². The molecule has 0 spiro atoms. The fraction of sp³-hybridized carbons (Fsp3) is 0.636. The van der Waals surface area contributed by atoms with Crippen molar-refractivity contribution in [2.45, 2.75) is 71.2 Å². The molecule has 1 amide bonds. The van der Waals surface area contributed by atoms with E-state index in [9.17, 15) is 9.18 Å². The van der Waals surface area contributed by atoms with Gasteiger partial charge in [0.2, 0.25) is 5.91 Å². The highest BCUT2D eigenvalue weighted by atomic mass is 35.5. The van der Waals surface area contributed by atoms with Crippen molar-refractivity contribution in [3.63, 3.8) is 0 Å². The predicted octanol–water partition coefficient (Wildman–Crippen LogP) is 5.52. The Morgan fingerprint density at radius 2 is 2.00 bits per heavy atom. The third-order valence-electron chi connectivity index (χ3n) is 6.64. The van der Waals surface area contributed by atoms with Crippen molar-refractivity contribution < 1.29 is 18.3 Å². The summed E-state index contributed by atoms with van der Waals surface area (Å²) in [6.45, 7) is 13.5. The molecule has 3 unspecified atom stereocenters. The van der Waals surface area contributed by atoms with Crippen molar-refractivity contribution in [1.82, 2.24) is 5.43 Å². The molecule has 0 aromatic heterocycles. The Bertz CT molecular complexity index is 854. The third kappa shape index (κ3) is 4.73. The molecule has 3 rings (SSSR count). The average Bonchev–Trinajstić information content (AvgIpc) is 2.62. The largest absolute Gasteiger partial charge is 0.492 e. The van der Waals surface area contributed by atoms with Crippen molar-refractivity contribution in [1.29, 1.82) is 0 Å². The van der Waals surface area contributed by atoms with Gasteiger partial charge in [-0.2, -0.15) is 5.10 Å². The second kappa shape index (κ2) is 8.59. The lowest BCUT2D eigenvalue weighted by molar-refractivity contribution is -0.121. The van der Waals surface area contributed by atoms with Crippen LogP contribution in [0.15, 0.2) is 17.2 Å². The van der Waals surface area contributed by atoms with Crippen LogP contribution in [0.5, 0.6) is 5.75 Å². The van der Waals surface area contributed by atoms with Gasteiger partial charge in [-0.1, -0.05) is 39.3 Å². The van der Waals surface area contributed by atoms with Gasteiger partial charge in [0.1, 0.15) is 10.8 Å². The van der Waals surface area contributed by atoms with E-state index in [4.69, 9.17) is 20.8 Å². The van der Waals surface area contributed by atoms with Crippen LogP contribution in [0.3, 0.4) is 0 Å². The number of halogens is 2. The molecule has 1 fully saturated rings. The molecule has 1 heterocycles. The second-order valence-electron chi connectivity index (χ2n) is 9.94. The maximum absolute atomic E-state index is 14.9. The van der Waals surface area contributed by atoms with Crippen molar-refractivity contribution in [2.75, 3.05) is 6.61 Å². The topological polar surface area (TPSA) is 59.9 Å². The summed E-state index contributed by atoms with van der Waals surface area (Å²) in [5.74, 6) is -0.314. The monoisotopic (exact) mass is 454 g/mol. The van der Waals surface area contributed by atoms with E-state index >= 15 is 0 Å². The minimum Gasteiger partial charge on any atom is -0.492 e. The maximum Gasteiger partial charge on any atom is 0.240 e. The van der Waals surface area contributed by atoms with Gasteiger partial charge < -0.3 is 9.16 Å². The van der Waals surface area contributed by atoms with Crippen LogP contribution in [0.2, 0.25) is 23.2 Å². The lowest BCUT2D eigenvalue weighted by Crippen LogP contribution is -2.50. The number of rotatable bonds is 6. The fourth-order valence-electron chi connectivity index (χ4n) is 3.46. The van der Waals surface area contributed by atoms with Gasteiger partial charge in [-0.25, -0.2) is 9.82 Å². The van der Waals surface area contributed by atoms with E-state index in [1.807, 2.05) is 6.92 Å². The van der Waals surface area contributed by atoms with E-state index in [0.29, 0.717) is 23.6 Å². The zero-order valence-corrected chi connectivity index (χ0v) is 20.4. The number of hydrogen-bond donors (Lipinski definition) is 1. The number of carbonyl (C=O) groups excluding carboxylic acids is 1. The SMILES string of the molecule is CC1CC(=O)NN=C1c1ccc(OCC2CCC2O[Si](C)(C)C(C)(C)C)c(Cl)c1F. The molecular weight excluding hydrogens is 423 g/mol. The molecule has 1 N–H and O–H groups in total. The Morgan fingerprint density at radius 1 is 1.30 bits per heavy atom. The zero-order chi connectivity index (χ0) is 22.3. The van der Waals surface area contributed by atoms with Gasteiger partial charge in [-0.15, -0.1) is 0 Å². The number of nitrogens with zero attached hydrogens (tertiary/aromatic N) is 1. The lowest BCUT2D eigenvalue weighted by Gasteiger charge is -2.45. The standard InChI is InChI=1S/C22H32ClFN2O3Si/c1-13-11-18(27)25-26-21(13)15-8-10-17(19(23)20(15)24)28-12-14-7-9-16(14)29-30(5,6)22(2,3)4/h8,10,13-14,16H,7,9,11-12H2,1-6H3,(H,25,27). The van der Waals surface area contributed by atoms with E-state index in [0.717, 1.165) is 12.8 Å². The van der Waals surface area contributed by atoms with Gasteiger partial charge in [0.05, 0.1) is 18.4 Å². The molecule has 2 aliphatic rings. The summed E-state index contributed by atoms with van der Waals surface area (Å²) in [5.41, 5.74) is 3.19. The minimum atomic E-state index is -1.83. The highest BCUT2D eigenvalue weighted by molar-refractivity contribution is 6.74. The quantitative estimate of drug-likeness (QED) is 0.576. The summed E-state index contributed by atoms with van der Waals surface area (Å²) < 4.78 is 27.3. The van der Waals surface area contributed by atoms with Crippen LogP contribution in [0.25, 0.3) is 0 Å². The first kappa shape index (κ1) is 23.2. The van der Waals surface area contributed by atoms with Gasteiger partial charge in [0.15, 0.2) is 14.1 Å². The van der Waals surface area contributed by atoms with Gasteiger partial charge in [0, 0.05) is 23.8 Å². The number of amides is 1.